The molecule has 0 unspecified atom stereocenters. The molecule has 3 heteroatoms. The van der Waals surface area contributed by atoms with Crippen LogP contribution in [0.15, 0.2) is 121 Å². The van der Waals surface area contributed by atoms with Crippen LogP contribution < -0.4 is 15.9 Å². The van der Waals surface area contributed by atoms with Gasteiger partial charge < -0.3 is 5.11 Å². The van der Waals surface area contributed by atoms with Crippen molar-refractivity contribution in [2.45, 2.75) is 6.16 Å². The summed E-state index contributed by atoms with van der Waals surface area (Å²) in [6, 6.07) is 42.1. The van der Waals surface area contributed by atoms with E-state index in [9.17, 15) is 5.11 Å². The van der Waals surface area contributed by atoms with E-state index in [4.69, 9.17) is 4.98 Å². The fraction of sp³-hybridized carbons (Fsp3) is 0.0357. The van der Waals surface area contributed by atoms with Crippen LogP contribution in [0.3, 0.4) is 0 Å². The molecule has 0 saturated carbocycles. The van der Waals surface area contributed by atoms with Crippen LogP contribution in [0.5, 0.6) is 5.75 Å². The van der Waals surface area contributed by atoms with Crippen molar-refractivity contribution < 1.29 is 5.11 Å². The van der Waals surface area contributed by atoms with Crippen molar-refractivity contribution in [1.29, 1.82) is 0 Å². The molecule has 1 heterocycles. The van der Waals surface area contributed by atoms with Crippen molar-refractivity contribution in [3.63, 3.8) is 0 Å². The van der Waals surface area contributed by atoms with Crippen molar-refractivity contribution in [3.8, 4) is 5.75 Å². The van der Waals surface area contributed by atoms with E-state index in [-0.39, 0.29) is 5.75 Å². The molecule has 0 fully saturated rings. The normalized spacial score (nSPS) is 11.5. The van der Waals surface area contributed by atoms with Crippen molar-refractivity contribution in [1.82, 2.24) is 4.98 Å². The number of hydrogen-bond acceptors (Lipinski definition) is 2. The maximum Gasteiger partial charge on any atom is 0.141 e. The summed E-state index contributed by atoms with van der Waals surface area (Å²) >= 11 is 0. The van der Waals surface area contributed by atoms with Crippen LogP contribution in [0, 0.1) is 0 Å². The molecule has 0 aliphatic heterocycles. The van der Waals surface area contributed by atoms with Gasteiger partial charge in [0.15, 0.2) is 0 Å². The van der Waals surface area contributed by atoms with Gasteiger partial charge in [-0.3, -0.25) is 0 Å². The molecular formula is C28H23NOP+. The fourth-order valence-corrected chi connectivity index (χ4v) is 8.42. The molecule has 4 aromatic carbocycles. The van der Waals surface area contributed by atoms with Gasteiger partial charge in [0, 0.05) is 5.39 Å². The first-order valence-electron chi connectivity index (χ1n) is 10.4. The molecule has 0 spiro atoms. The predicted octanol–water partition coefficient (Wildman–Crippen LogP) is 5.43. The summed E-state index contributed by atoms with van der Waals surface area (Å²) in [6.07, 6.45) is 0.787. The van der Waals surface area contributed by atoms with Gasteiger partial charge in [0.2, 0.25) is 0 Å². The monoisotopic (exact) mass is 420 g/mol. The number of para-hydroxylation sites is 1. The Morgan fingerprint density at radius 3 is 1.58 bits per heavy atom. The number of hydrogen-bond donors (Lipinski definition) is 1. The van der Waals surface area contributed by atoms with Crippen LogP contribution in [-0.2, 0) is 6.16 Å². The second kappa shape index (κ2) is 8.34. The van der Waals surface area contributed by atoms with E-state index in [2.05, 4.69) is 103 Å². The maximum absolute atomic E-state index is 10.4. The quantitative estimate of drug-likeness (QED) is 0.385. The molecule has 2 nitrogen and oxygen atoms in total. The minimum Gasteiger partial charge on any atom is -0.506 e. The molecule has 0 aliphatic carbocycles. The first kappa shape index (κ1) is 19.5. The number of aromatic hydroxyl groups is 1. The number of phenolic OH excluding ortho intramolecular Hbond substituents is 1. The standard InChI is InChI=1S/C28H22NOP/c30-27-18-10-11-22-19-20-23(29-28(22)27)21-31(24-12-4-1-5-13-24,25-14-6-2-7-15-25)26-16-8-3-9-17-26/h1-20H,21H2/p+1. The number of fused-ring (bicyclic) bond motifs is 1. The molecule has 0 radical (unpaired) electrons. The van der Waals surface area contributed by atoms with Crippen molar-refractivity contribution >= 4 is 34.1 Å². The second-order valence-corrected chi connectivity index (χ2v) is 11.1. The molecule has 0 saturated heterocycles. The minimum atomic E-state index is -2.01. The highest BCUT2D eigenvalue weighted by molar-refractivity contribution is 7.95. The summed E-state index contributed by atoms with van der Waals surface area (Å²) in [7, 11) is -2.01. The summed E-state index contributed by atoms with van der Waals surface area (Å²) in [5.74, 6) is 0.224. The molecule has 1 aromatic heterocycles. The Labute approximate surface area is 183 Å². The summed E-state index contributed by atoms with van der Waals surface area (Å²) < 4.78 is 0. The molecule has 5 aromatic rings. The zero-order chi connectivity index (χ0) is 21.1. The maximum atomic E-state index is 10.4. The van der Waals surface area contributed by atoms with Crippen LogP contribution in [0.2, 0.25) is 0 Å². The van der Waals surface area contributed by atoms with Crippen molar-refractivity contribution in [2.24, 2.45) is 0 Å². The number of nitrogens with zero attached hydrogens (tertiary/aromatic N) is 1. The summed E-state index contributed by atoms with van der Waals surface area (Å²) in [5, 5.41) is 15.3. The molecule has 150 valence electrons. The van der Waals surface area contributed by atoms with Crippen LogP contribution >= 0.6 is 7.26 Å². The van der Waals surface area contributed by atoms with Gasteiger partial charge in [0.05, 0.1) is 5.69 Å². The first-order chi connectivity index (χ1) is 15.3. The first-order valence-corrected chi connectivity index (χ1v) is 12.4. The van der Waals surface area contributed by atoms with Crippen LogP contribution in [0.25, 0.3) is 10.9 Å². The highest BCUT2D eigenvalue weighted by atomic mass is 31.2. The number of pyridine rings is 1. The summed E-state index contributed by atoms with van der Waals surface area (Å²) in [4.78, 5) is 4.91. The lowest BCUT2D eigenvalue weighted by atomic mass is 10.2. The SMILES string of the molecule is Oc1cccc2ccc(C[P+](c3ccccc3)(c3ccccc3)c3ccccc3)nc12. The van der Waals surface area contributed by atoms with Gasteiger partial charge in [-0.25, -0.2) is 4.98 Å². The van der Waals surface area contributed by atoms with Gasteiger partial charge in [-0.15, -0.1) is 0 Å². The third-order valence-corrected chi connectivity index (χ3v) is 10.1. The Kier molecular flexibility index (Phi) is 5.24. The Balaban J connectivity index is 1.77. The Hall–Kier alpha value is -3.48. The number of benzene rings is 4. The van der Waals surface area contributed by atoms with Crippen molar-refractivity contribution in [3.05, 3.63) is 127 Å². The smallest absolute Gasteiger partial charge is 0.141 e. The third kappa shape index (κ3) is 3.60. The molecule has 1 N–H and O–H groups in total. The molecular weight excluding hydrogens is 397 g/mol. The van der Waals surface area contributed by atoms with Gasteiger partial charge in [-0.2, -0.15) is 0 Å². The number of aromatic nitrogens is 1. The average Bonchev–Trinajstić information content (AvgIpc) is 2.85. The van der Waals surface area contributed by atoms with Gasteiger partial charge in [-0.05, 0) is 48.5 Å². The Morgan fingerprint density at radius 2 is 1.06 bits per heavy atom. The average molecular weight is 420 g/mol. The van der Waals surface area contributed by atoms with Crippen molar-refractivity contribution in [2.75, 3.05) is 0 Å². The van der Waals surface area contributed by atoms with E-state index < -0.39 is 7.26 Å². The van der Waals surface area contributed by atoms with Crippen LogP contribution in [-0.4, -0.2) is 10.1 Å². The third-order valence-electron chi connectivity index (χ3n) is 5.75. The minimum absolute atomic E-state index is 0.224. The molecule has 0 atom stereocenters. The zero-order valence-corrected chi connectivity index (χ0v) is 18.0. The molecule has 0 amide bonds. The Morgan fingerprint density at radius 1 is 0.548 bits per heavy atom. The molecule has 0 aliphatic rings. The fourth-order valence-electron chi connectivity index (χ4n) is 4.27. The van der Waals surface area contributed by atoms with Gasteiger partial charge in [-0.1, -0.05) is 72.8 Å². The zero-order valence-electron chi connectivity index (χ0n) is 17.1. The largest absolute Gasteiger partial charge is 0.506 e. The van der Waals surface area contributed by atoms with Gasteiger partial charge in [0.1, 0.15) is 40.6 Å². The molecule has 0 bridgehead atoms. The second-order valence-electron chi connectivity index (χ2n) is 7.63. The lowest BCUT2D eigenvalue weighted by Crippen LogP contribution is -2.32. The van der Waals surface area contributed by atoms with E-state index in [1.807, 2.05) is 12.1 Å². The van der Waals surface area contributed by atoms with E-state index in [0.29, 0.717) is 5.52 Å². The lowest BCUT2D eigenvalue weighted by molar-refractivity contribution is 0.480. The molecule has 31 heavy (non-hydrogen) atoms. The predicted molar refractivity (Wildman–Crippen MR) is 132 cm³/mol. The topological polar surface area (TPSA) is 33.1 Å². The summed E-state index contributed by atoms with van der Waals surface area (Å²) in [5.41, 5.74) is 1.64. The van der Waals surface area contributed by atoms with E-state index in [1.54, 1.807) is 6.07 Å². The molecule has 5 rings (SSSR count). The van der Waals surface area contributed by atoms with E-state index >= 15 is 0 Å². The van der Waals surface area contributed by atoms with Gasteiger partial charge in [0.25, 0.3) is 0 Å². The number of rotatable bonds is 5. The van der Waals surface area contributed by atoms with Gasteiger partial charge >= 0.3 is 0 Å². The highest BCUT2D eigenvalue weighted by Gasteiger charge is 2.45. The van der Waals surface area contributed by atoms with Crippen LogP contribution in [0.1, 0.15) is 5.69 Å². The van der Waals surface area contributed by atoms with E-state index in [1.165, 1.54) is 15.9 Å². The highest BCUT2D eigenvalue weighted by Crippen LogP contribution is 2.58. The van der Waals surface area contributed by atoms with E-state index in [0.717, 1.165) is 17.2 Å². The van der Waals surface area contributed by atoms with Crippen LogP contribution in [0.4, 0.5) is 0 Å². The summed E-state index contributed by atoms with van der Waals surface area (Å²) in [6.45, 7) is 0. The lowest BCUT2D eigenvalue weighted by Gasteiger charge is -2.27. The Bertz CT molecular complexity index is 1210. The number of phenols is 1.